The first-order chi connectivity index (χ1) is 14.7. The zero-order chi connectivity index (χ0) is 20.8. The molecule has 1 unspecified atom stereocenters. The minimum atomic E-state index is 0.0126. The minimum Gasteiger partial charge on any atom is -0.352 e. The number of piperidine rings is 1. The van der Waals surface area contributed by atoms with Gasteiger partial charge in [0.15, 0.2) is 0 Å². The highest BCUT2D eigenvalue weighted by Crippen LogP contribution is 2.23. The molecule has 1 amide bonds. The first-order valence-corrected chi connectivity index (χ1v) is 11.9. The molecule has 5 nitrogen and oxygen atoms in total. The molecule has 1 atom stereocenters. The molecular weight excluding hydrogens is 392 g/mol. The fourth-order valence-corrected chi connectivity index (χ4v) is 4.77. The van der Waals surface area contributed by atoms with Crippen LogP contribution in [-0.4, -0.2) is 45.9 Å². The van der Waals surface area contributed by atoms with Crippen molar-refractivity contribution in [1.29, 1.82) is 0 Å². The monoisotopic (exact) mass is 422 g/mol. The van der Waals surface area contributed by atoms with Crippen molar-refractivity contribution in [3.05, 3.63) is 66.1 Å². The van der Waals surface area contributed by atoms with Crippen LogP contribution in [0.3, 0.4) is 0 Å². The van der Waals surface area contributed by atoms with Gasteiger partial charge in [0, 0.05) is 47.7 Å². The fraction of sp³-hybridized carbons (Fsp3) is 0.417. The maximum absolute atomic E-state index is 12.4. The first-order valence-electron chi connectivity index (χ1n) is 10.9. The number of carbonyl (C=O) groups is 1. The van der Waals surface area contributed by atoms with E-state index in [1.54, 1.807) is 11.8 Å². The number of nitrogens with one attached hydrogen (secondary N) is 1. The summed E-state index contributed by atoms with van der Waals surface area (Å²) in [4.78, 5) is 20.7. The number of rotatable bonds is 8. The van der Waals surface area contributed by atoms with Crippen LogP contribution in [-0.2, 0) is 5.75 Å². The zero-order valence-electron chi connectivity index (χ0n) is 17.6. The lowest BCUT2D eigenvalue weighted by atomic mass is 10.0. The largest absolute Gasteiger partial charge is 0.352 e. The second-order valence-electron chi connectivity index (χ2n) is 8.00. The normalized spacial score (nSPS) is 17.3. The van der Waals surface area contributed by atoms with Crippen LogP contribution in [0.15, 0.2) is 59.8 Å². The fourth-order valence-electron chi connectivity index (χ4n) is 3.99. The van der Waals surface area contributed by atoms with Gasteiger partial charge in [0.25, 0.3) is 5.91 Å². The molecule has 0 bridgehead atoms. The van der Waals surface area contributed by atoms with E-state index in [0.29, 0.717) is 6.04 Å². The summed E-state index contributed by atoms with van der Waals surface area (Å²) in [5, 5.41) is 3.06. The third kappa shape index (κ3) is 5.43. The second-order valence-corrected chi connectivity index (χ2v) is 9.05. The van der Waals surface area contributed by atoms with Crippen LogP contribution in [0.5, 0.6) is 0 Å². The number of nitrogens with zero attached hydrogens (tertiary/aromatic N) is 3. The number of amides is 1. The van der Waals surface area contributed by atoms with Crippen molar-refractivity contribution in [2.75, 3.05) is 19.6 Å². The van der Waals surface area contributed by atoms with E-state index in [2.05, 4.69) is 28.3 Å². The maximum Gasteiger partial charge on any atom is 0.251 e. The van der Waals surface area contributed by atoms with Crippen molar-refractivity contribution in [1.82, 2.24) is 19.6 Å². The number of thioether (sulfide) groups is 1. The topological polar surface area (TPSA) is 49.6 Å². The highest BCUT2D eigenvalue weighted by molar-refractivity contribution is 7.98. The van der Waals surface area contributed by atoms with Crippen molar-refractivity contribution >= 4 is 23.3 Å². The Morgan fingerprint density at radius 1 is 1.20 bits per heavy atom. The van der Waals surface area contributed by atoms with E-state index in [9.17, 15) is 4.79 Å². The molecule has 1 aromatic carbocycles. The van der Waals surface area contributed by atoms with Crippen molar-refractivity contribution in [2.45, 2.75) is 49.3 Å². The van der Waals surface area contributed by atoms with Gasteiger partial charge < -0.3 is 14.6 Å². The van der Waals surface area contributed by atoms with E-state index in [1.165, 1.54) is 25.8 Å². The lowest BCUT2D eigenvalue weighted by Gasteiger charge is -2.33. The molecule has 2 aromatic heterocycles. The first kappa shape index (κ1) is 20.9. The number of hydrogen-bond acceptors (Lipinski definition) is 4. The molecule has 0 aliphatic carbocycles. The third-order valence-electron chi connectivity index (χ3n) is 5.77. The van der Waals surface area contributed by atoms with Crippen LogP contribution in [0, 0.1) is 0 Å². The molecule has 6 heteroatoms. The predicted molar refractivity (Wildman–Crippen MR) is 123 cm³/mol. The van der Waals surface area contributed by atoms with Crippen LogP contribution < -0.4 is 5.32 Å². The van der Waals surface area contributed by atoms with Crippen LogP contribution in [0.1, 0.15) is 48.7 Å². The molecule has 4 rings (SSSR count). The van der Waals surface area contributed by atoms with E-state index in [0.717, 1.165) is 47.1 Å². The number of benzene rings is 1. The summed E-state index contributed by atoms with van der Waals surface area (Å²) < 4.78 is 2.04. The summed E-state index contributed by atoms with van der Waals surface area (Å²) in [7, 11) is 0. The van der Waals surface area contributed by atoms with Gasteiger partial charge in [-0.25, -0.2) is 4.98 Å². The Labute approximate surface area is 182 Å². The van der Waals surface area contributed by atoms with Crippen LogP contribution in [0.2, 0.25) is 0 Å². The highest BCUT2D eigenvalue weighted by Gasteiger charge is 2.17. The van der Waals surface area contributed by atoms with E-state index in [1.807, 2.05) is 53.1 Å². The van der Waals surface area contributed by atoms with E-state index >= 15 is 0 Å². The molecule has 1 N–H and O–H groups in total. The Balaban J connectivity index is 1.21. The van der Waals surface area contributed by atoms with Gasteiger partial charge in [-0.1, -0.05) is 12.5 Å². The van der Waals surface area contributed by atoms with E-state index in [-0.39, 0.29) is 5.91 Å². The predicted octanol–water partition coefficient (Wildman–Crippen LogP) is 4.62. The van der Waals surface area contributed by atoms with Gasteiger partial charge in [0.05, 0.1) is 5.69 Å². The molecule has 1 saturated heterocycles. The van der Waals surface area contributed by atoms with Gasteiger partial charge in [0.2, 0.25) is 0 Å². The molecule has 3 heterocycles. The Morgan fingerprint density at radius 3 is 2.87 bits per heavy atom. The number of carbonyl (C=O) groups excluding carboxylic acids is 1. The molecule has 1 aliphatic heterocycles. The number of pyridine rings is 1. The average Bonchev–Trinajstić information content (AvgIpc) is 3.20. The summed E-state index contributed by atoms with van der Waals surface area (Å²) in [6, 6.07) is 14.5. The molecule has 158 valence electrons. The Bertz CT molecular complexity index is 936. The minimum absolute atomic E-state index is 0.0126. The van der Waals surface area contributed by atoms with Gasteiger partial charge in [-0.3, -0.25) is 4.79 Å². The van der Waals surface area contributed by atoms with Crippen molar-refractivity contribution in [3.8, 4) is 0 Å². The summed E-state index contributed by atoms with van der Waals surface area (Å²) in [6.45, 7) is 5.31. The lowest BCUT2D eigenvalue weighted by molar-refractivity contribution is 0.0949. The second kappa shape index (κ2) is 10.1. The Hall–Kier alpha value is -2.31. The standard InChI is InChI=1S/C24H30N4OS/c1-19-7-2-4-14-27(19)16-6-13-25-24(29)20-9-11-22(12-10-20)30-18-21-17-28-15-5-3-8-23(28)26-21/h3,5,8-12,15,17,19H,2,4,6-7,13-14,16,18H2,1H3,(H,25,29). The lowest BCUT2D eigenvalue weighted by Crippen LogP contribution is -2.39. The number of hydrogen-bond donors (Lipinski definition) is 1. The van der Waals surface area contributed by atoms with Crippen LogP contribution >= 0.6 is 11.8 Å². The van der Waals surface area contributed by atoms with Gasteiger partial charge in [0.1, 0.15) is 5.65 Å². The number of imidazole rings is 1. The summed E-state index contributed by atoms with van der Waals surface area (Å²) >= 11 is 1.73. The average molecular weight is 423 g/mol. The molecular formula is C24H30N4OS. The molecule has 0 saturated carbocycles. The highest BCUT2D eigenvalue weighted by atomic mass is 32.2. The Kier molecular flexibility index (Phi) is 7.07. The van der Waals surface area contributed by atoms with Crippen molar-refractivity contribution < 1.29 is 4.79 Å². The molecule has 30 heavy (non-hydrogen) atoms. The van der Waals surface area contributed by atoms with Crippen molar-refractivity contribution in [3.63, 3.8) is 0 Å². The van der Waals surface area contributed by atoms with E-state index in [4.69, 9.17) is 0 Å². The van der Waals surface area contributed by atoms with Crippen LogP contribution in [0.25, 0.3) is 5.65 Å². The smallest absolute Gasteiger partial charge is 0.251 e. The quantitative estimate of drug-likeness (QED) is 0.425. The Morgan fingerprint density at radius 2 is 2.07 bits per heavy atom. The molecule has 0 radical (unpaired) electrons. The van der Waals surface area contributed by atoms with Gasteiger partial charge in [-0.05, 0) is 69.1 Å². The maximum atomic E-state index is 12.4. The summed E-state index contributed by atoms with van der Waals surface area (Å²) in [5.74, 6) is 0.820. The molecule has 1 fully saturated rings. The van der Waals surface area contributed by atoms with Crippen LogP contribution in [0.4, 0.5) is 0 Å². The van der Waals surface area contributed by atoms with Gasteiger partial charge in [-0.15, -0.1) is 11.8 Å². The number of likely N-dealkylation sites (tertiary alicyclic amines) is 1. The SMILES string of the molecule is CC1CCCCN1CCCNC(=O)c1ccc(SCc2cn3ccccc3n2)cc1. The van der Waals surface area contributed by atoms with Crippen molar-refractivity contribution in [2.24, 2.45) is 0 Å². The zero-order valence-corrected chi connectivity index (χ0v) is 18.4. The third-order valence-corrected chi connectivity index (χ3v) is 6.81. The van der Waals surface area contributed by atoms with E-state index < -0.39 is 0 Å². The molecule has 1 aliphatic rings. The molecule has 3 aromatic rings. The summed E-state index contributed by atoms with van der Waals surface area (Å²) in [6.07, 6.45) is 9.03. The number of fused-ring (bicyclic) bond motifs is 1. The van der Waals surface area contributed by atoms with Gasteiger partial charge >= 0.3 is 0 Å². The number of aromatic nitrogens is 2. The molecule has 0 spiro atoms. The summed E-state index contributed by atoms with van der Waals surface area (Å²) in [5.41, 5.74) is 2.74. The van der Waals surface area contributed by atoms with Gasteiger partial charge in [-0.2, -0.15) is 0 Å².